The van der Waals surface area contributed by atoms with E-state index < -0.39 is 15.9 Å². The van der Waals surface area contributed by atoms with Crippen LogP contribution in [-0.2, 0) is 14.8 Å². The van der Waals surface area contributed by atoms with Gasteiger partial charge in [0, 0.05) is 19.8 Å². The van der Waals surface area contributed by atoms with Crippen molar-refractivity contribution in [1.82, 2.24) is 10.0 Å². The van der Waals surface area contributed by atoms with Crippen LogP contribution in [0.25, 0.3) is 0 Å². The van der Waals surface area contributed by atoms with E-state index >= 15 is 0 Å². The lowest BCUT2D eigenvalue weighted by Gasteiger charge is -2.03. The first-order valence-electron chi connectivity index (χ1n) is 5.90. The van der Waals surface area contributed by atoms with Crippen molar-refractivity contribution in [2.45, 2.75) is 18.4 Å². The first kappa shape index (κ1) is 15.7. The number of amides is 1. The maximum absolute atomic E-state index is 11.6. The Morgan fingerprint density at radius 2 is 2.16 bits per heavy atom. The number of sulfonamides is 1. The molecule has 2 N–H and O–H groups in total. The molecule has 8 heteroatoms. The molecule has 0 aliphatic heterocycles. The largest absolute Gasteiger partial charge is 0.438 e. The highest BCUT2D eigenvalue weighted by Crippen LogP contribution is 2.13. The molecule has 0 aliphatic rings. The van der Waals surface area contributed by atoms with Gasteiger partial charge in [-0.3, -0.25) is 4.79 Å². The highest BCUT2D eigenvalue weighted by atomic mass is 32.2. The number of carbonyl (C=O) groups excluding carboxylic acids is 1. The third kappa shape index (κ3) is 4.66. The predicted octanol–water partition coefficient (Wildman–Crippen LogP) is 0.344. The van der Waals surface area contributed by atoms with Crippen molar-refractivity contribution in [3.8, 4) is 0 Å². The summed E-state index contributed by atoms with van der Waals surface area (Å²) in [4.78, 5) is 11.6. The monoisotopic (exact) mass is 290 g/mol. The topological polar surface area (TPSA) is 97.6 Å². The summed E-state index contributed by atoms with van der Waals surface area (Å²) in [6.45, 7) is 3.53. The fourth-order valence-electron chi connectivity index (χ4n) is 1.29. The fraction of sp³-hybridized carbons (Fsp3) is 0.545. The molecule has 0 fully saturated rings. The number of ether oxygens (including phenoxy) is 1. The Labute approximate surface area is 112 Å². The standard InChI is InChI=1S/C11H18N2O5S/c1-3-17-8-4-7-13-11(14)9-5-6-10(18-9)19(15,16)12-2/h5-6,12H,3-4,7-8H2,1-2H3,(H,13,14). The van der Waals surface area contributed by atoms with E-state index in [4.69, 9.17) is 9.15 Å². The Balaban J connectivity index is 2.50. The van der Waals surface area contributed by atoms with Crippen molar-refractivity contribution in [1.29, 1.82) is 0 Å². The molecule has 1 heterocycles. The maximum Gasteiger partial charge on any atom is 0.287 e. The van der Waals surface area contributed by atoms with Gasteiger partial charge in [0.25, 0.3) is 15.9 Å². The second-order valence-electron chi connectivity index (χ2n) is 3.63. The van der Waals surface area contributed by atoms with Crippen LogP contribution >= 0.6 is 0 Å². The molecule has 1 aromatic rings. The van der Waals surface area contributed by atoms with Gasteiger partial charge in [-0.1, -0.05) is 0 Å². The minimum Gasteiger partial charge on any atom is -0.438 e. The van der Waals surface area contributed by atoms with Gasteiger partial charge in [-0.05, 0) is 32.5 Å². The maximum atomic E-state index is 11.6. The molecule has 7 nitrogen and oxygen atoms in total. The lowest BCUT2D eigenvalue weighted by molar-refractivity contribution is 0.0911. The SMILES string of the molecule is CCOCCCNC(=O)c1ccc(S(=O)(=O)NC)o1. The van der Waals surface area contributed by atoms with Crippen LogP contribution in [0.15, 0.2) is 21.6 Å². The Kier molecular flexibility index (Phi) is 6.00. The minimum absolute atomic E-state index is 0.0368. The zero-order valence-electron chi connectivity index (χ0n) is 10.9. The van der Waals surface area contributed by atoms with Crippen LogP contribution in [0.4, 0.5) is 0 Å². The summed E-state index contributed by atoms with van der Waals surface area (Å²) in [6, 6.07) is 2.56. The quantitative estimate of drug-likeness (QED) is 0.673. The van der Waals surface area contributed by atoms with Crippen LogP contribution < -0.4 is 10.0 Å². The van der Waals surface area contributed by atoms with E-state index in [1.807, 2.05) is 6.92 Å². The summed E-state index contributed by atoms with van der Waals surface area (Å²) in [7, 11) is -2.39. The van der Waals surface area contributed by atoms with E-state index in [2.05, 4.69) is 10.0 Å². The van der Waals surface area contributed by atoms with Crippen molar-refractivity contribution >= 4 is 15.9 Å². The summed E-state index contributed by atoms with van der Waals surface area (Å²) in [5.74, 6) is -0.487. The molecule has 0 saturated heterocycles. The number of hydrogen-bond donors (Lipinski definition) is 2. The fourth-order valence-corrected chi connectivity index (χ4v) is 1.94. The van der Waals surface area contributed by atoms with Crippen molar-refractivity contribution < 1.29 is 22.4 Å². The second-order valence-corrected chi connectivity index (χ2v) is 5.45. The zero-order chi connectivity index (χ0) is 14.3. The lowest BCUT2D eigenvalue weighted by Crippen LogP contribution is -2.25. The van der Waals surface area contributed by atoms with Crippen LogP contribution in [0, 0.1) is 0 Å². The Bertz CT molecular complexity index is 509. The average molecular weight is 290 g/mol. The highest BCUT2D eigenvalue weighted by molar-refractivity contribution is 7.89. The van der Waals surface area contributed by atoms with E-state index in [0.717, 1.165) is 0 Å². The molecule has 19 heavy (non-hydrogen) atoms. The van der Waals surface area contributed by atoms with E-state index in [9.17, 15) is 13.2 Å². The van der Waals surface area contributed by atoms with E-state index in [1.165, 1.54) is 19.2 Å². The zero-order valence-corrected chi connectivity index (χ0v) is 11.7. The molecule has 0 unspecified atom stereocenters. The highest BCUT2D eigenvalue weighted by Gasteiger charge is 2.19. The summed E-state index contributed by atoms with van der Waals surface area (Å²) < 4.78 is 35.0. The van der Waals surface area contributed by atoms with Crippen LogP contribution in [0.1, 0.15) is 23.9 Å². The summed E-state index contributed by atoms with van der Waals surface area (Å²) in [6.07, 6.45) is 0.682. The van der Waals surface area contributed by atoms with Crippen LogP contribution in [-0.4, -0.2) is 41.1 Å². The smallest absolute Gasteiger partial charge is 0.287 e. The molecule has 0 atom stereocenters. The van der Waals surface area contributed by atoms with Crippen molar-refractivity contribution in [2.24, 2.45) is 0 Å². The van der Waals surface area contributed by atoms with Crippen molar-refractivity contribution in [2.75, 3.05) is 26.8 Å². The third-order valence-electron chi connectivity index (χ3n) is 2.29. The Morgan fingerprint density at radius 1 is 1.42 bits per heavy atom. The lowest BCUT2D eigenvalue weighted by atomic mass is 10.4. The van der Waals surface area contributed by atoms with Gasteiger partial charge in [-0.25, -0.2) is 13.1 Å². The summed E-state index contributed by atoms with van der Waals surface area (Å²) >= 11 is 0. The first-order valence-corrected chi connectivity index (χ1v) is 7.39. The molecule has 0 spiro atoms. The first-order chi connectivity index (χ1) is 9.01. The predicted molar refractivity (Wildman–Crippen MR) is 68.4 cm³/mol. The molecule has 1 rings (SSSR count). The molecular formula is C11H18N2O5S. The Morgan fingerprint density at radius 3 is 2.79 bits per heavy atom. The van der Waals surface area contributed by atoms with Gasteiger partial charge in [0.2, 0.25) is 5.09 Å². The minimum atomic E-state index is -3.66. The molecular weight excluding hydrogens is 272 g/mol. The third-order valence-corrected chi connectivity index (χ3v) is 3.58. The van der Waals surface area contributed by atoms with Gasteiger partial charge in [0.15, 0.2) is 5.76 Å². The second kappa shape index (κ2) is 7.27. The summed E-state index contributed by atoms with van der Waals surface area (Å²) in [5, 5.41) is 2.33. The van der Waals surface area contributed by atoms with Crippen LogP contribution in [0.5, 0.6) is 0 Å². The van der Waals surface area contributed by atoms with E-state index in [1.54, 1.807) is 0 Å². The van der Waals surface area contributed by atoms with Crippen molar-refractivity contribution in [3.05, 3.63) is 17.9 Å². The number of furan rings is 1. The molecule has 1 aromatic heterocycles. The normalized spacial score (nSPS) is 11.5. The number of rotatable bonds is 8. The van der Waals surface area contributed by atoms with Gasteiger partial charge in [-0.15, -0.1) is 0 Å². The number of carbonyl (C=O) groups is 1. The van der Waals surface area contributed by atoms with E-state index in [0.29, 0.717) is 26.2 Å². The number of nitrogens with one attached hydrogen (secondary N) is 2. The van der Waals surface area contributed by atoms with Crippen LogP contribution in [0.2, 0.25) is 0 Å². The van der Waals surface area contributed by atoms with Gasteiger partial charge in [0.1, 0.15) is 0 Å². The molecule has 0 bridgehead atoms. The van der Waals surface area contributed by atoms with Gasteiger partial charge in [-0.2, -0.15) is 0 Å². The molecule has 108 valence electrons. The molecule has 0 radical (unpaired) electrons. The Hall–Kier alpha value is -1.38. The van der Waals surface area contributed by atoms with E-state index in [-0.39, 0.29) is 10.9 Å². The van der Waals surface area contributed by atoms with Crippen LogP contribution in [0.3, 0.4) is 0 Å². The molecule has 1 amide bonds. The molecule has 0 aromatic carbocycles. The summed E-state index contributed by atoms with van der Waals surface area (Å²) in [5.41, 5.74) is 0. The average Bonchev–Trinajstić information content (AvgIpc) is 2.88. The van der Waals surface area contributed by atoms with Crippen molar-refractivity contribution in [3.63, 3.8) is 0 Å². The number of hydrogen-bond acceptors (Lipinski definition) is 5. The van der Waals surface area contributed by atoms with Gasteiger partial charge < -0.3 is 14.5 Å². The molecule has 0 saturated carbocycles. The van der Waals surface area contributed by atoms with Gasteiger partial charge >= 0.3 is 0 Å². The van der Waals surface area contributed by atoms with Gasteiger partial charge in [0.05, 0.1) is 0 Å². The molecule has 0 aliphatic carbocycles.